The van der Waals surface area contributed by atoms with Crippen molar-refractivity contribution in [3.63, 3.8) is 0 Å². The lowest BCUT2D eigenvalue weighted by Gasteiger charge is -2.23. The van der Waals surface area contributed by atoms with Crippen LogP contribution in [0.5, 0.6) is 0 Å². The summed E-state index contributed by atoms with van der Waals surface area (Å²) < 4.78 is 71.3. The van der Waals surface area contributed by atoms with E-state index < -0.39 is 56.6 Å². The maximum atomic E-state index is 12.9. The molecule has 0 saturated carbocycles. The summed E-state index contributed by atoms with van der Waals surface area (Å²) in [6, 6.07) is 10.8. The highest BCUT2D eigenvalue weighted by atomic mass is 32.2. The first kappa shape index (κ1) is 26.3. The molecule has 0 unspecified atom stereocenters. The van der Waals surface area contributed by atoms with Crippen molar-refractivity contribution in [1.29, 1.82) is 0 Å². The van der Waals surface area contributed by atoms with Gasteiger partial charge in [-0.3, -0.25) is 9.59 Å². The largest absolute Gasteiger partial charge is 0.451 e. The van der Waals surface area contributed by atoms with Gasteiger partial charge in [0.15, 0.2) is 6.10 Å². The molecule has 0 bridgehead atoms. The van der Waals surface area contributed by atoms with Crippen LogP contribution in [0.1, 0.15) is 31.9 Å². The highest BCUT2D eigenvalue weighted by Gasteiger charge is 2.34. The number of nitrogens with one attached hydrogen (secondary N) is 2. The minimum absolute atomic E-state index is 0.206. The van der Waals surface area contributed by atoms with Gasteiger partial charge >= 0.3 is 12.1 Å². The molecule has 11 heteroatoms. The summed E-state index contributed by atoms with van der Waals surface area (Å²) in [6.07, 6.45) is -5.95. The number of amides is 1. The van der Waals surface area contributed by atoms with E-state index >= 15 is 0 Å². The Hall–Kier alpha value is -2.92. The molecule has 0 heterocycles. The Labute approximate surface area is 190 Å². The Morgan fingerprint density at radius 2 is 1.64 bits per heavy atom. The number of benzene rings is 2. The van der Waals surface area contributed by atoms with Crippen LogP contribution in [0.3, 0.4) is 0 Å². The molecule has 0 radical (unpaired) electrons. The molecule has 2 N–H and O–H groups in total. The Balaban J connectivity index is 2.08. The lowest BCUT2D eigenvalue weighted by molar-refractivity contribution is -0.157. The van der Waals surface area contributed by atoms with Crippen molar-refractivity contribution in [3.8, 4) is 0 Å². The second-order valence-corrected chi connectivity index (χ2v) is 9.37. The van der Waals surface area contributed by atoms with E-state index in [1.54, 1.807) is 24.3 Å². The van der Waals surface area contributed by atoms with Crippen molar-refractivity contribution < 1.29 is 35.9 Å². The van der Waals surface area contributed by atoms with Crippen molar-refractivity contribution >= 4 is 21.9 Å². The van der Waals surface area contributed by atoms with Gasteiger partial charge in [0.05, 0.1) is 10.5 Å². The maximum absolute atomic E-state index is 12.9. The monoisotopic (exact) mass is 486 g/mol. The zero-order valence-corrected chi connectivity index (χ0v) is 19.0. The van der Waals surface area contributed by atoms with E-state index in [0.717, 1.165) is 23.8 Å². The second-order valence-electron chi connectivity index (χ2n) is 7.65. The molecule has 0 saturated heterocycles. The van der Waals surface area contributed by atoms with Crippen molar-refractivity contribution in [1.82, 2.24) is 10.0 Å². The topological polar surface area (TPSA) is 102 Å². The Morgan fingerprint density at radius 1 is 1.00 bits per heavy atom. The van der Waals surface area contributed by atoms with Gasteiger partial charge in [-0.25, -0.2) is 8.42 Å². The molecule has 1 amide bonds. The van der Waals surface area contributed by atoms with E-state index in [1.807, 2.05) is 6.07 Å². The normalized spacial score (nSPS) is 13.9. The van der Waals surface area contributed by atoms with Crippen LogP contribution >= 0.6 is 0 Å². The maximum Gasteiger partial charge on any atom is 0.416 e. The van der Waals surface area contributed by atoms with Gasteiger partial charge in [0.1, 0.15) is 6.04 Å². The van der Waals surface area contributed by atoms with Crippen molar-refractivity contribution in [2.24, 2.45) is 5.92 Å². The standard InChI is InChI=1S/C22H25F3N2O5S/c1-14(2)19(27-33(30,31)18-11-7-10-17(12-18)22(23,24)25)21(29)32-15(3)20(28)26-13-16-8-5-4-6-9-16/h4-12,14-15,19,27H,13H2,1-3H3,(H,26,28)/t15-,19+/m0/s1. The Kier molecular flexibility index (Phi) is 8.62. The van der Waals surface area contributed by atoms with E-state index in [0.29, 0.717) is 6.07 Å². The SMILES string of the molecule is CC(C)[C@@H](NS(=O)(=O)c1cccc(C(F)(F)F)c1)C(=O)O[C@@H](C)C(=O)NCc1ccccc1. The lowest BCUT2D eigenvalue weighted by atomic mass is 10.1. The molecule has 2 aromatic carbocycles. The summed E-state index contributed by atoms with van der Waals surface area (Å²) in [4.78, 5) is 24.2. The molecule has 0 aliphatic rings. The molecule has 0 aromatic heterocycles. The molecule has 7 nitrogen and oxygen atoms in total. The number of hydrogen-bond acceptors (Lipinski definition) is 5. The van der Waals surface area contributed by atoms with E-state index in [9.17, 15) is 31.2 Å². The summed E-state index contributed by atoms with van der Waals surface area (Å²) in [5, 5.41) is 2.61. The van der Waals surface area contributed by atoms with Gasteiger partial charge in [-0.2, -0.15) is 17.9 Å². The van der Waals surface area contributed by atoms with E-state index in [2.05, 4.69) is 10.0 Å². The quantitative estimate of drug-likeness (QED) is 0.530. The highest BCUT2D eigenvalue weighted by molar-refractivity contribution is 7.89. The highest BCUT2D eigenvalue weighted by Crippen LogP contribution is 2.30. The molecule has 0 aliphatic carbocycles. The first-order chi connectivity index (χ1) is 15.3. The summed E-state index contributed by atoms with van der Waals surface area (Å²) in [5.41, 5.74) is -0.309. The molecule has 2 rings (SSSR count). The van der Waals surface area contributed by atoms with Crippen LogP contribution in [0.2, 0.25) is 0 Å². The predicted molar refractivity (Wildman–Crippen MR) is 114 cm³/mol. The van der Waals surface area contributed by atoms with Crippen LogP contribution in [-0.2, 0) is 37.1 Å². The molecular formula is C22H25F3N2O5S. The van der Waals surface area contributed by atoms with Gasteiger partial charge in [-0.1, -0.05) is 50.2 Å². The van der Waals surface area contributed by atoms with E-state index in [-0.39, 0.29) is 6.54 Å². The summed E-state index contributed by atoms with van der Waals surface area (Å²) in [6.45, 7) is 4.59. The van der Waals surface area contributed by atoms with Crippen LogP contribution in [0.4, 0.5) is 13.2 Å². The minimum Gasteiger partial charge on any atom is -0.451 e. The van der Waals surface area contributed by atoms with E-state index in [4.69, 9.17) is 4.74 Å². The first-order valence-electron chi connectivity index (χ1n) is 10.0. The molecule has 2 atom stereocenters. The van der Waals surface area contributed by atoms with Crippen LogP contribution in [0.25, 0.3) is 0 Å². The number of sulfonamides is 1. The molecule has 0 fully saturated rings. The summed E-state index contributed by atoms with van der Waals surface area (Å²) in [7, 11) is -4.49. The second kappa shape index (κ2) is 10.8. The Bertz CT molecular complexity index is 1070. The van der Waals surface area contributed by atoms with Gasteiger partial charge in [0, 0.05) is 6.54 Å². The number of rotatable bonds is 9. The zero-order valence-electron chi connectivity index (χ0n) is 18.2. The number of hydrogen-bond donors (Lipinski definition) is 2. The van der Waals surface area contributed by atoms with Crippen molar-refractivity contribution in [3.05, 3.63) is 65.7 Å². The van der Waals surface area contributed by atoms with Crippen LogP contribution in [0.15, 0.2) is 59.5 Å². The number of carbonyl (C=O) groups is 2. The average molecular weight is 487 g/mol. The predicted octanol–water partition coefficient (Wildman–Crippen LogP) is 3.26. The molecule has 0 aliphatic heterocycles. The first-order valence-corrected chi connectivity index (χ1v) is 11.5. The third kappa shape index (κ3) is 7.57. The third-order valence-electron chi connectivity index (χ3n) is 4.65. The fourth-order valence-electron chi connectivity index (χ4n) is 2.76. The minimum atomic E-state index is -4.73. The van der Waals surface area contributed by atoms with E-state index in [1.165, 1.54) is 20.8 Å². The van der Waals surface area contributed by atoms with Gasteiger partial charge in [-0.15, -0.1) is 0 Å². The fourth-order valence-corrected chi connectivity index (χ4v) is 4.14. The van der Waals surface area contributed by atoms with Crippen LogP contribution in [0, 0.1) is 5.92 Å². The smallest absolute Gasteiger partial charge is 0.416 e. The number of esters is 1. The van der Waals surface area contributed by atoms with Crippen LogP contribution < -0.4 is 10.0 Å². The molecule has 2 aromatic rings. The number of halogens is 3. The lowest BCUT2D eigenvalue weighted by Crippen LogP contribution is -2.47. The number of alkyl halides is 3. The van der Waals surface area contributed by atoms with Crippen LogP contribution in [-0.4, -0.2) is 32.4 Å². The number of ether oxygens (including phenoxy) is 1. The van der Waals surface area contributed by atoms with Gasteiger partial charge in [0.2, 0.25) is 10.0 Å². The Morgan fingerprint density at radius 3 is 2.21 bits per heavy atom. The van der Waals surface area contributed by atoms with Crippen molar-refractivity contribution in [2.75, 3.05) is 0 Å². The zero-order chi connectivity index (χ0) is 24.8. The molecule has 33 heavy (non-hydrogen) atoms. The fraction of sp³-hybridized carbons (Fsp3) is 0.364. The molecule has 180 valence electrons. The number of carbonyl (C=O) groups excluding carboxylic acids is 2. The summed E-state index contributed by atoms with van der Waals surface area (Å²) >= 11 is 0. The van der Waals surface area contributed by atoms with Gasteiger partial charge in [-0.05, 0) is 36.6 Å². The average Bonchev–Trinajstić information content (AvgIpc) is 2.75. The van der Waals surface area contributed by atoms with Crippen molar-refractivity contribution in [2.45, 2.75) is 50.5 Å². The molecular weight excluding hydrogens is 461 g/mol. The van der Waals surface area contributed by atoms with Gasteiger partial charge in [0.25, 0.3) is 5.91 Å². The van der Waals surface area contributed by atoms with Gasteiger partial charge < -0.3 is 10.1 Å². The summed E-state index contributed by atoms with van der Waals surface area (Å²) in [5.74, 6) is -2.23. The molecule has 0 spiro atoms. The third-order valence-corrected chi connectivity index (χ3v) is 6.08.